The third kappa shape index (κ3) is 4.99. The number of methoxy groups -OCH3 is 1. The number of rotatable bonds is 5. The van der Waals surface area contributed by atoms with Crippen LogP contribution in [0, 0.1) is 0 Å². The molecule has 19 heavy (non-hydrogen) atoms. The molecule has 0 aromatic carbocycles. The van der Waals surface area contributed by atoms with Crippen LogP contribution in [0.1, 0.15) is 51.4 Å². The highest BCUT2D eigenvalue weighted by Gasteiger charge is 2.49. The average Bonchev–Trinajstić information content (AvgIpc) is 3.11. The highest BCUT2D eigenvalue weighted by Crippen LogP contribution is 2.33. The van der Waals surface area contributed by atoms with E-state index in [2.05, 4.69) is 4.74 Å². The van der Waals surface area contributed by atoms with Crippen molar-refractivity contribution in [3.05, 3.63) is 0 Å². The molecule has 1 unspecified atom stereocenters. The largest absolute Gasteiger partial charge is 0.510 e. The molecule has 0 bridgehead atoms. The third-order valence-electron chi connectivity index (χ3n) is 3.79. The van der Waals surface area contributed by atoms with Crippen molar-refractivity contribution >= 4 is 6.16 Å². The first-order chi connectivity index (χ1) is 9.24. The van der Waals surface area contributed by atoms with E-state index in [0.29, 0.717) is 25.7 Å². The molecule has 0 aromatic rings. The maximum Gasteiger partial charge on any atom is 0.510 e. The molecule has 0 spiro atoms. The molecule has 110 valence electrons. The minimum absolute atomic E-state index is 0.356. The van der Waals surface area contributed by atoms with Gasteiger partial charge in [0.05, 0.1) is 19.8 Å². The molecule has 2 rings (SSSR count). The van der Waals surface area contributed by atoms with E-state index in [-0.39, 0.29) is 0 Å². The normalized spacial score (nSPS) is 28.3. The lowest BCUT2D eigenvalue weighted by Gasteiger charge is -2.21. The van der Waals surface area contributed by atoms with Gasteiger partial charge in [0.2, 0.25) is 5.79 Å². The predicted octanol–water partition coefficient (Wildman–Crippen LogP) is 3.02. The van der Waals surface area contributed by atoms with Crippen LogP contribution in [0.15, 0.2) is 0 Å². The summed E-state index contributed by atoms with van der Waals surface area (Å²) >= 11 is 0. The van der Waals surface area contributed by atoms with Gasteiger partial charge in [-0.3, -0.25) is 0 Å². The van der Waals surface area contributed by atoms with E-state index in [4.69, 9.17) is 14.2 Å². The number of hydrogen-bond donors (Lipinski definition) is 0. The average molecular weight is 272 g/mol. The molecule has 0 amide bonds. The van der Waals surface area contributed by atoms with Crippen LogP contribution in [0.3, 0.4) is 0 Å². The lowest BCUT2D eigenvalue weighted by Crippen LogP contribution is -2.25. The zero-order chi connectivity index (χ0) is 13.6. The Morgan fingerprint density at radius 1 is 1.21 bits per heavy atom. The fourth-order valence-corrected chi connectivity index (χ4v) is 2.49. The van der Waals surface area contributed by atoms with E-state index < -0.39 is 11.9 Å². The first-order valence-electron chi connectivity index (χ1n) is 7.27. The molecule has 5 nitrogen and oxygen atoms in total. The smallest absolute Gasteiger partial charge is 0.438 e. The van der Waals surface area contributed by atoms with Crippen molar-refractivity contribution < 1.29 is 23.7 Å². The van der Waals surface area contributed by atoms with Gasteiger partial charge in [-0.2, -0.15) is 0 Å². The minimum Gasteiger partial charge on any atom is -0.438 e. The summed E-state index contributed by atoms with van der Waals surface area (Å²) in [6, 6.07) is 0. The molecule has 1 aliphatic carbocycles. The number of carbonyl (C=O) groups is 1. The van der Waals surface area contributed by atoms with Gasteiger partial charge in [0.15, 0.2) is 0 Å². The number of ether oxygens (including phenoxy) is 4. The van der Waals surface area contributed by atoms with Crippen molar-refractivity contribution in [1.29, 1.82) is 0 Å². The highest BCUT2D eigenvalue weighted by molar-refractivity contribution is 5.60. The van der Waals surface area contributed by atoms with Gasteiger partial charge in [-0.15, -0.1) is 0 Å². The van der Waals surface area contributed by atoms with Gasteiger partial charge in [-0.1, -0.05) is 32.1 Å². The second kappa shape index (κ2) is 7.10. The SMILES string of the molecule is COC(=O)OC1(CCOC2CCCCCCC2)CO1. The van der Waals surface area contributed by atoms with Crippen molar-refractivity contribution in [1.82, 2.24) is 0 Å². The molecule has 1 aliphatic heterocycles. The minimum atomic E-state index is -0.783. The second-order valence-electron chi connectivity index (χ2n) is 5.34. The standard InChI is InChI=1S/C14H24O5/c1-16-13(15)19-14(11-18-14)9-10-17-12-7-5-3-2-4-6-8-12/h12H,2-11H2,1H3. The molecule has 0 radical (unpaired) electrons. The quantitative estimate of drug-likeness (QED) is 0.569. The van der Waals surface area contributed by atoms with Crippen molar-refractivity contribution in [3.8, 4) is 0 Å². The zero-order valence-corrected chi connectivity index (χ0v) is 11.7. The van der Waals surface area contributed by atoms with E-state index in [9.17, 15) is 4.79 Å². The van der Waals surface area contributed by atoms with Gasteiger partial charge in [0.1, 0.15) is 6.61 Å². The van der Waals surface area contributed by atoms with E-state index in [1.54, 1.807) is 0 Å². The summed E-state index contributed by atoms with van der Waals surface area (Å²) in [6.07, 6.45) is 9.04. The summed E-state index contributed by atoms with van der Waals surface area (Å²) in [4.78, 5) is 11.1. The van der Waals surface area contributed by atoms with Crippen molar-refractivity contribution in [2.75, 3.05) is 20.3 Å². The Bertz CT molecular complexity index is 280. The number of epoxide rings is 1. The Kier molecular flexibility index (Phi) is 5.45. The van der Waals surface area contributed by atoms with Crippen molar-refractivity contribution in [2.45, 2.75) is 63.3 Å². The van der Waals surface area contributed by atoms with Crippen LogP contribution in [0.2, 0.25) is 0 Å². The third-order valence-corrected chi connectivity index (χ3v) is 3.79. The molecular formula is C14H24O5. The second-order valence-corrected chi connectivity index (χ2v) is 5.34. The van der Waals surface area contributed by atoms with Crippen LogP contribution >= 0.6 is 0 Å². The van der Waals surface area contributed by atoms with Gasteiger partial charge in [-0.25, -0.2) is 4.79 Å². The molecule has 1 saturated heterocycles. The topological polar surface area (TPSA) is 57.3 Å². The number of hydrogen-bond acceptors (Lipinski definition) is 5. The van der Waals surface area contributed by atoms with Gasteiger partial charge >= 0.3 is 6.16 Å². The van der Waals surface area contributed by atoms with E-state index in [1.165, 1.54) is 39.2 Å². The Morgan fingerprint density at radius 3 is 2.42 bits per heavy atom. The van der Waals surface area contributed by atoms with Crippen LogP contribution in [0.5, 0.6) is 0 Å². The molecule has 1 atom stereocenters. The summed E-state index contributed by atoms with van der Waals surface area (Å²) in [5, 5.41) is 0. The zero-order valence-electron chi connectivity index (χ0n) is 11.7. The fraction of sp³-hybridized carbons (Fsp3) is 0.929. The first-order valence-corrected chi connectivity index (χ1v) is 7.27. The van der Waals surface area contributed by atoms with Crippen molar-refractivity contribution in [2.24, 2.45) is 0 Å². The van der Waals surface area contributed by atoms with Crippen LogP contribution in [-0.4, -0.2) is 38.4 Å². The summed E-state index contributed by atoms with van der Waals surface area (Å²) in [5.74, 6) is -0.783. The molecule has 0 N–H and O–H groups in total. The summed E-state index contributed by atoms with van der Waals surface area (Å²) < 4.78 is 20.6. The van der Waals surface area contributed by atoms with E-state index in [1.807, 2.05) is 0 Å². The Hall–Kier alpha value is -0.810. The molecule has 2 aliphatic rings. The Morgan fingerprint density at radius 2 is 1.84 bits per heavy atom. The predicted molar refractivity (Wildman–Crippen MR) is 68.8 cm³/mol. The van der Waals surface area contributed by atoms with Crippen molar-refractivity contribution in [3.63, 3.8) is 0 Å². The summed E-state index contributed by atoms with van der Waals surface area (Å²) in [6.45, 7) is 1.01. The molecule has 1 heterocycles. The molecular weight excluding hydrogens is 248 g/mol. The lowest BCUT2D eigenvalue weighted by molar-refractivity contribution is -0.0549. The maximum atomic E-state index is 11.1. The van der Waals surface area contributed by atoms with E-state index >= 15 is 0 Å². The van der Waals surface area contributed by atoms with Gasteiger partial charge in [-0.05, 0) is 12.8 Å². The first kappa shape index (κ1) is 14.6. The maximum absolute atomic E-state index is 11.1. The molecule has 5 heteroatoms. The van der Waals surface area contributed by atoms with Gasteiger partial charge < -0.3 is 18.9 Å². The van der Waals surface area contributed by atoms with Crippen LogP contribution in [0.4, 0.5) is 4.79 Å². The van der Waals surface area contributed by atoms with Gasteiger partial charge in [0.25, 0.3) is 0 Å². The molecule has 1 saturated carbocycles. The van der Waals surface area contributed by atoms with Gasteiger partial charge in [0, 0.05) is 6.42 Å². The summed E-state index contributed by atoms with van der Waals surface area (Å²) in [5.41, 5.74) is 0. The highest BCUT2D eigenvalue weighted by atomic mass is 16.8. The van der Waals surface area contributed by atoms with Crippen LogP contribution in [-0.2, 0) is 18.9 Å². The molecule has 0 aromatic heterocycles. The molecule has 2 fully saturated rings. The number of carbonyl (C=O) groups excluding carboxylic acids is 1. The fourth-order valence-electron chi connectivity index (χ4n) is 2.49. The van der Waals surface area contributed by atoms with E-state index in [0.717, 1.165) is 12.8 Å². The Balaban J connectivity index is 1.63. The Labute approximate surface area is 114 Å². The lowest BCUT2D eigenvalue weighted by atomic mass is 9.98. The van der Waals surface area contributed by atoms with Crippen LogP contribution in [0.25, 0.3) is 0 Å². The summed E-state index contributed by atoms with van der Waals surface area (Å²) in [7, 11) is 1.30. The van der Waals surface area contributed by atoms with Crippen LogP contribution < -0.4 is 0 Å². The monoisotopic (exact) mass is 272 g/mol.